The highest BCUT2D eigenvalue weighted by atomic mass is 35.5. The number of fused-ring (bicyclic) bond motifs is 1. The molecule has 0 fully saturated rings. The predicted molar refractivity (Wildman–Crippen MR) is 190 cm³/mol. The maximum absolute atomic E-state index is 6.41. The van der Waals surface area contributed by atoms with Crippen molar-refractivity contribution in [2.24, 2.45) is 0 Å². The van der Waals surface area contributed by atoms with Crippen LogP contribution in [0.3, 0.4) is 0 Å². The fraction of sp³-hybridized carbons (Fsp3) is 0.282. The molecule has 43 heavy (non-hydrogen) atoms. The fourth-order valence-corrected chi connectivity index (χ4v) is 7.77. The molecule has 4 heteroatoms. The Kier molecular flexibility index (Phi) is 9.23. The predicted octanol–water partition coefficient (Wildman–Crippen LogP) is 12.2. The number of halogens is 2. The summed E-state index contributed by atoms with van der Waals surface area (Å²) in [5.41, 5.74) is 9.62. The van der Waals surface area contributed by atoms with Crippen molar-refractivity contribution in [3.63, 3.8) is 0 Å². The smallest absolute Gasteiger partial charge is 0.0449 e. The van der Waals surface area contributed by atoms with Crippen LogP contribution in [0.5, 0.6) is 0 Å². The van der Waals surface area contributed by atoms with Gasteiger partial charge in [-0.3, -0.25) is 0 Å². The first-order chi connectivity index (χ1) is 20.4. The minimum absolute atomic E-state index is 0.137. The van der Waals surface area contributed by atoms with Crippen molar-refractivity contribution in [1.29, 1.82) is 0 Å². The second-order valence-electron chi connectivity index (χ2n) is 12.7. The first-order valence-corrected chi connectivity index (χ1v) is 16.5. The maximum atomic E-state index is 6.41. The second kappa shape index (κ2) is 12.6. The molecule has 1 heterocycles. The summed E-state index contributed by atoms with van der Waals surface area (Å²) in [6.45, 7) is 15.7. The Morgan fingerprint density at radius 3 is 2.40 bits per heavy atom. The standard InChI is InChI=1S/C39H41Cl2NS/c1-26-16-20-30(40)24-33(26)38(3,4)27(2)17-18-28-12-11-13-29(37(28)43-32-14-9-8-10-15-32)19-23-36-39(5,6)34-25-31(41)21-22-35(34)42(36)7/h8-10,14-25H,2,11-13H2,1,3-7H3/b18-17+,29-19+,36-23+. The lowest BCUT2D eigenvalue weighted by molar-refractivity contribution is 0.636. The van der Waals surface area contributed by atoms with Crippen LogP contribution in [0.25, 0.3) is 0 Å². The van der Waals surface area contributed by atoms with Crippen LogP contribution in [-0.4, -0.2) is 7.05 Å². The van der Waals surface area contributed by atoms with Gasteiger partial charge in [-0.25, -0.2) is 0 Å². The molecule has 3 aromatic carbocycles. The molecule has 0 amide bonds. The molecule has 0 radical (unpaired) electrons. The van der Waals surface area contributed by atoms with Crippen molar-refractivity contribution >= 4 is 40.7 Å². The van der Waals surface area contributed by atoms with Gasteiger partial charge in [0, 0.05) is 49.1 Å². The van der Waals surface area contributed by atoms with Gasteiger partial charge in [0.05, 0.1) is 0 Å². The van der Waals surface area contributed by atoms with Crippen LogP contribution >= 0.6 is 35.0 Å². The molecule has 3 aromatic rings. The Hall–Kier alpha value is -2.91. The molecule has 0 spiro atoms. The third-order valence-electron chi connectivity index (χ3n) is 9.04. The van der Waals surface area contributed by atoms with Crippen LogP contribution < -0.4 is 4.90 Å². The summed E-state index contributed by atoms with van der Waals surface area (Å²) in [4.78, 5) is 4.90. The number of aryl methyl sites for hydroxylation is 1. The van der Waals surface area contributed by atoms with E-state index in [1.54, 1.807) is 0 Å². The van der Waals surface area contributed by atoms with E-state index in [1.165, 1.54) is 49.0 Å². The molecule has 0 aromatic heterocycles. The lowest BCUT2D eigenvalue weighted by Gasteiger charge is -2.29. The molecule has 0 N–H and O–H groups in total. The molecule has 0 bridgehead atoms. The van der Waals surface area contributed by atoms with Crippen molar-refractivity contribution in [2.75, 3.05) is 11.9 Å². The van der Waals surface area contributed by atoms with Crippen LogP contribution in [0.1, 0.15) is 63.6 Å². The Morgan fingerprint density at radius 2 is 1.65 bits per heavy atom. The summed E-state index contributed by atoms with van der Waals surface area (Å²) in [6.07, 6.45) is 12.4. The molecule has 0 unspecified atom stereocenters. The quantitative estimate of drug-likeness (QED) is 0.240. The van der Waals surface area contributed by atoms with E-state index < -0.39 is 0 Å². The summed E-state index contributed by atoms with van der Waals surface area (Å²) in [6, 6.07) is 23.0. The van der Waals surface area contributed by atoms with Crippen molar-refractivity contribution < 1.29 is 0 Å². The Balaban J connectivity index is 1.53. The molecule has 5 rings (SSSR count). The van der Waals surface area contributed by atoms with Gasteiger partial charge in [0.25, 0.3) is 0 Å². The molecule has 0 saturated carbocycles. The fourth-order valence-electron chi connectivity index (χ4n) is 6.30. The highest BCUT2D eigenvalue weighted by Gasteiger charge is 2.38. The van der Waals surface area contributed by atoms with Crippen molar-refractivity contribution in [3.05, 3.63) is 152 Å². The van der Waals surface area contributed by atoms with E-state index in [-0.39, 0.29) is 10.8 Å². The number of likely N-dealkylation sites (N-methyl/N-ethyl adjacent to an activating group) is 1. The average molecular weight is 627 g/mol. The van der Waals surface area contributed by atoms with E-state index in [0.717, 1.165) is 34.9 Å². The first-order valence-electron chi connectivity index (χ1n) is 14.9. The maximum Gasteiger partial charge on any atom is 0.0449 e. The number of rotatable bonds is 7. The largest absolute Gasteiger partial charge is 0.347 e. The summed E-state index contributed by atoms with van der Waals surface area (Å²) in [7, 11) is 2.16. The van der Waals surface area contributed by atoms with Crippen LogP contribution in [0.15, 0.2) is 130 Å². The van der Waals surface area contributed by atoms with E-state index in [0.29, 0.717) is 0 Å². The number of thioether (sulfide) groups is 1. The van der Waals surface area contributed by atoms with E-state index in [1.807, 2.05) is 23.9 Å². The first kappa shape index (κ1) is 31.5. The summed E-state index contributed by atoms with van der Waals surface area (Å²) in [5, 5.41) is 1.54. The normalized spacial score (nSPS) is 18.7. The molecular weight excluding hydrogens is 585 g/mol. The van der Waals surface area contributed by atoms with Gasteiger partial charge in [-0.2, -0.15) is 0 Å². The number of hydrogen-bond donors (Lipinski definition) is 0. The lowest BCUT2D eigenvalue weighted by Crippen LogP contribution is -2.22. The van der Waals surface area contributed by atoms with Gasteiger partial charge in [0.15, 0.2) is 0 Å². The highest BCUT2D eigenvalue weighted by Crippen LogP contribution is 2.48. The molecule has 2 aliphatic rings. The zero-order chi connectivity index (χ0) is 30.9. The topological polar surface area (TPSA) is 3.24 Å². The van der Waals surface area contributed by atoms with Gasteiger partial charge < -0.3 is 4.90 Å². The molecule has 222 valence electrons. The molecule has 0 atom stereocenters. The van der Waals surface area contributed by atoms with Crippen molar-refractivity contribution in [1.82, 2.24) is 0 Å². The van der Waals surface area contributed by atoms with Crippen LogP contribution in [-0.2, 0) is 10.8 Å². The van der Waals surface area contributed by atoms with Crippen molar-refractivity contribution in [2.45, 2.75) is 69.6 Å². The number of hydrogen-bond acceptors (Lipinski definition) is 2. The zero-order valence-electron chi connectivity index (χ0n) is 26.1. The average Bonchev–Trinajstić information content (AvgIpc) is 3.16. The van der Waals surface area contributed by atoms with E-state index in [4.69, 9.17) is 23.2 Å². The molecule has 1 nitrogen and oxygen atoms in total. The molecule has 1 aliphatic carbocycles. The minimum atomic E-state index is -0.243. The number of anilines is 1. The monoisotopic (exact) mass is 625 g/mol. The third kappa shape index (κ3) is 6.48. The summed E-state index contributed by atoms with van der Waals surface area (Å²) >= 11 is 14.7. The van der Waals surface area contributed by atoms with Crippen LogP contribution in [0.2, 0.25) is 10.0 Å². The van der Waals surface area contributed by atoms with E-state index >= 15 is 0 Å². The third-order valence-corrected chi connectivity index (χ3v) is 10.7. The van der Waals surface area contributed by atoms with E-state index in [2.05, 4.69) is 132 Å². The SMILES string of the molecule is C=C(/C=C/C1=C(Sc2ccccc2)C(=C/C=C2/N(C)c3ccc(Cl)cc3C2(C)C)/CCC1)C(C)(C)c1cc(Cl)ccc1C. The van der Waals surface area contributed by atoms with E-state index in [9.17, 15) is 0 Å². The van der Waals surface area contributed by atoms with Gasteiger partial charge in [-0.1, -0.05) is 112 Å². The molecule has 1 aliphatic heterocycles. The Bertz CT molecular complexity index is 1670. The van der Waals surface area contributed by atoms with Crippen LogP contribution in [0, 0.1) is 6.92 Å². The Morgan fingerprint density at radius 1 is 0.953 bits per heavy atom. The van der Waals surface area contributed by atoms with Gasteiger partial charge in [0.2, 0.25) is 0 Å². The number of benzene rings is 3. The zero-order valence-corrected chi connectivity index (χ0v) is 28.4. The van der Waals surface area contributed by atoms with Crippen LogP contribution in [0.4, 0.5) is 5.69 Å². The van der Waals surface area contributed by atoms with Gasteiger partial charge in [-0.15, -0.1) is 0 Å². The molecular formula is C39H41Cl2NS. The minimum Gasteiger partial charge on any atom is -0.347 e. The highest BCUT2D eigenvalue weighted by molar-refractivity contribution is 8.03. The van der Waals surface area contributed by atoms with Gasteiger partial charge in [-0.05, 0) is 108 Å². The van der Waals surface area contributed by atoms with Gasteiger partial charge in [0.1, 0.15) is 0 Å². The van der Waals surface area contributed by atoms with Gasteiger partial charge >= 0.3 is 0 Å². The molecule has 0 saturated heterocycles. The second-order valence-corrected chi connectivity index (χ2v) is 14.6. The summed E-state index contributed by atoms with van der Waals surface area (Å²) < 4.78 is 0. The Labute approximate surface area is 272 Å². The summed E-state index contributed by atoms with van der Waals surface area (Å²) in [5.74, 6) is 0. The van der Waals surface area contributed by atoms with Crippen molar-refractivity contribution in [3.8, 4) is 0 Å². The number of allylic oxidation sites excluding steroid dienone is 8. The number of nitrogens with zero attached hydrogens (tertiary/aromatic N) is 1. The lowest BCUT2D eigenvalue weighted by atomic mass is 9.76.